The first kappa shape index (κ1) is 88.0. The van der Waals surface area contributed by atoms with Crippen molar-refractivity contribution in [3.63, 3.8) is 0 Å². The molecule has 12 heterocycles. The van der Waals surface area contributed by atoms with Crippen molar-refractivity contribution in [2.75, 3.05) is 113 Å². The van der Waals surface area contributed by atoms with E-state index in [-0.39, 0.29) is 115 Å². The molecule has 6 aromatic heterocycles. The molecular formula is C96H92Cl3F3N18O6S3. The minimum Gasteiger partial charge on any atom is -0.384 e. The maximum atomic E-state index is 15.5. The summed E-state index contributed by atoms with van der Waals surface area (Å²) in [4.78, 5) is 123. The van der Waals surface area contributed by atoms with Crippen LogP contribution in [0.25, 0.3) is 83.9 Å². The highest BCUT2D eigenvalue weighted by molar-refractivity contribution is 8.00. The lowest BCUT2D eigenvalue weighted by Gasteiger charge is -2.40. The lowest BCUT2D eigenvalue weighted by Crippen LogP contribution is -2.54. The molecule has 129 heavy (non-hydrogen) atoms. The topological polar surface area (TPSA) is 250 Å². The van der Waals surface area contributed by atoms with E-state index in [1.807, 2.05) is 88.4 Å². The monoisotopic (exact) mass is 1850 g/mol. The zero-order valence-corrected chi connectivity index (χ0v) is 76.6. The van der Waals surface area contributed by atoms with Crippen molar-refractivity contribution >= 4 is 155 Å². The Morgan fingerprint density at radius 3 is 1.06 bits per heavy atom. The number of piperazine rings is 3. The molecule has 2 saturated carbocycles. The SMILES string of the molecule is C=CC(=O)N1CCN(c2nc(=O)n3c4nc(c(Cl)cc24)-c2c(F)cccc2NCCSc2cccc(C(C)C)c2-3)[C@@H]2C[C@@H]21.C=CC(=O)N1CCN(c2nc(=O)n3c4nc(c(Cl)cc24)-c2c(F)cccc2NCCSc2cccc(C(C)C)c2-3)[C@H](C)C1.C=CC(=O)N1CCN(c2nc(=O)n3c4nc(c(Cl)cc24)-c2c(F)cccc2NCCSc2cccc(C(C)C)c2-3)[C@H]2C[C@H]21. The number of fused-ring (bicyclic) bond motifs is 17. The summed E-state index contributed by atoms with van der Waals surface area (Å²) in [5, 5.41) is 12.6. The highest BCUT2D eigenvalue weighted by Crippen LogP contribution is 2.49. The van der Waals surface area contributed by atoms with Crippen molar-refractivity contribution < 1.29 is 27.6 Å². The molecule has 5 atom stereocenters. The summed E-state index contributed by atoms with van der Waals surface area (Å²) in [5.41, 5.74) is 8.02. The first-order chi connectivity index (χ1) is 62.2. The Morgan fingerprint density at radius 2 is 0.744 bits per heavy atom. The average Bonchev–Trinajstić information content (AvgIpc) is 1.68. The van der Waals surface area contributed by atoms with Gasteiger partial charge in [-0.25, -0.2) is 56.2 Å². The summed E-state index contributed by atoms with van der Waals surface area (Å²) in [6.07, 6.45) is 5.53. The van der Waals surface area contributed by atoms with Gasteiger partial charge in [-0.2, -0.15) is 15.0 Å². The molecule has 24 nitrogen and oxygen atoms in total. The Labute approximate surface area is 770 Å². The third-order valence-corrected chi connectivity index (χ3v) is 28.9. The quantitative estimate of drug-likeness (QED) is 0.114. The first-order valence-electron chi connectivity index (χ1n) is 43.1. The highest BCUT2D eigenvalue weighted by Gasteiger charge is 2.53. The highest BCUT2D eigenvalue weighted by atomic mass is 35.5. The third kappa shape index (κ3) is 16.2. The van der Waals surface area contributed by atoms with Gasteiger partial charge in [0.25, 0.3) is 0 Å². The second-order valence-electron chi connectivity index (χ2n) is 33.7. The molecule has 3 N–H and O–H groups in total. The fraction of sp³-hybridized carbons (Fsp3) is 0.312. The van der Waals surface area contributed by atoms with Gasteiger partial charge in [0.05, 0.1) is 106 Å². The second-order valence-corrected chi connectivity index (χ2v) is 38.4. The average molecular weight is 1850 g/mol. The molecule has 5 fully saturated rings. The van der Waals surface area contributed by atoms with Crippen LogP contribution in [0.4, 0.5) is 47.7 Å². The molecule has 2 aliphatic carbocycles. The van der Waals surface area contributed by atoms with Gasteiger partial charge in [0.2, 0.25) is 17.7 Å². The van der Waals surface area contributed by atoms with Crippen LogP contribution in [-0.4, -0.2) is 189 Å². The molecule has 6 aliphatic heterocycles. The number of hydrogen-bond acceptors (Lipinski definition) is 21. The number of anilines is 6. The molecule has 6 bridgehead atoms. The number of nitrogens with one attached hydrogen (secondary N) is 3. The lowest BCUT2D eigenvalue weighted by molar-refractivity contribution is -0.127. The molecule has 0 spiro atoms. The second kappa shape index (κ2) is 36.0. The van der Waals surface area contributed by atoms with E-state index in [9.17, 15) is 28.8 Å². The number of aromatic nitrogens is 9. The molecule has 0 radical (unpaired) electrons. The van der Waals surface area contributed by atoms with Crippen LogP contribution in [0.3, 0.4) is 0 Å². The number of nitrogens with zero attached hydrogens (tertiary/aromatic N) is 15. The van der Waals surface area contributed by atoms with Gasteiger partial charge < -0.3 is 45.3 Å². The number of thioether (sulfide) groups is 3. The fourth-order valence-corrected chi connectivity index (χ4v) is 22.2. The number of halogens is 6. The number of carbonyl (C=O) groups excluding carboxylic acids is 3. The van der Waals surface area contributed by atoms with E-state index in [1.54, 1.807) is 96.4 Å². The van der Waals surface area contributed by atoms with E-state index >= 15 is 13.2 Å². The van der Waals surface area contributed by atoms with Crippen molar-refractivity contribution in [3.05, 3.63) is 246 Å². The van der Waals surface area contributed by atoms with E-state index in [4.69, 9.17) is 49.8 Å². The number of benzene rings is 6. The van der Waals surface area contributed by atoms with Crippen molar-refractivity contribution in [1.29, 1.82) is 0 Å². The van der Waals surface area contributed by atoms with Gasteiger partial charge in [-0.05, 0) is 145 Å². The van der Waals surface area contributed by atoms with Crippen LogP contribution in [0, 0.1) is 17.5 Å². The van der Waals surface area contributed by atoms with E-state index < -0.39 is 34.5 Å². The maximum Gasteiger partial charge on any atom is 0.355 e. The largest absolute Gasteiger partial charge is 0.384 e. The molecule has 12 aromatic rings. The van der Waals surface area contributed by atoms with Crippen LogP contribution >= 0.6 is 70.1 Å². The molecule has 3 amide bonds. The van der Waals surface area contributed by atoms with Gasteiger partial charge in [0.15, 0.2) is 16.9 Å². The van der Waals surface area contributed by atoms with Gasteiger partial charge in [-0.3, -0.25) is 14.4 Å². The van der Waals surface area contributed by atoms with Crippen molar-refractivity contribution in [1.82, 2.24) is 58.3 Å². The summed E-state index contributed by atoms with van der Waals surface area (Å²) < 4.78 is 51.3. The summed E-state index contributed by atoms with van der Waals surface area (Å²) >= 11 is 25.6. The van der Waals surface area contributed by atoms with Gasteiger partial charge in [-0.15, -0.1) is 35.3 Å². The predicted molar refractivity (Wildman–Crippen MR) is 513 cm³/mol. The van der Waals surface area contributed by atoms with Crippen molar-refractivity contribution in [2.45, 2.75) is 124 Å². The number of pyridine rings is 3. The van der Waals surface area contributed by atoms with E-state index in [1.165, 1.54) is 36.4 Å². The smallest absolute Gasteiger partial charge is 0.355 e. The van der Waals surface area contributed by atoms with E-state index in [0.717, 1.165) is 61.3 Å². The minimum absolute atomic E-state index is 0.0177. The fourth-order valence-electron chi connectivity index (χ4n) is 18.6. The predicted octanol–water partition coefficient (Wildman–Crippen LogP) is 17.8. The Bertz CT molecular complexity index is 6270. The van der Waals surface area contributed by atoms with Crippen LogP contribution in [-0.2, 0) is 14.4 Å². The minimum atomic E-state index is -0.487. The number of hydrogen-bond donors (Lipinski definition) is 3. The van der Waals surface area contributed by atoms with Gasteiger partial charge in [-0.1, -0.05) is 151 Å². The molecule has 0 unspecified atom stereocenters. The summed E-state index contributed by atoms with van der Waals surface area (Å²) in [6.45, 7) is 30.4. The molecular weight excluding hydrogens is 1760 g/mol. The van der Waals surface area contributed by atoms with Gasteiger partial charge >= 0.3 is 17.1 Å². The maximum absolute atomic E-state index is 15.5. The van der Waals surface area contributed by atoms with E-state index in [0.29, 0.717) is 150 Å². The number of para-hydroxylation sites is 3. The number of amides is 3. The Kier molecular flexibility index (Phi) is 24.6. The van der Waals surface area contributed by atoms with Crippen LogP contribution < -0.4 is 47.7 Å². The van der Waals surface area contributed by atoms with Crippen molar-refractivity contribution in [2.24, 2.45) is 0 Å². The molecule has 662 valence electrons. The Hall–Kier alpha value is -11.7. The Balaban J connectivity index is 0.000000130. The van der Waals surface area contributed by atoms with Crippen molar-refractivity contribution in [3.8, 4) is 50.8 Å². The molecule has 3 saturated heterocycles. The zero-order valence-electron chi connectivity index (χ0n) is 71.9. The molecule has 33 heteroatoms. The first-order valence-corrected chi connectivity index (χ1v) is 47.2. The summed E-state index contributed by atoms with van der Waals surface area (Å²) in [6, 6.07) is 37.8. The molecule has 8 aliphatic rings. The van der Waals surface area contributed by atoms with Crippen LogP contribution in [0.5, 0.6) is 0 Å². The molecule has 20 rings (SSSR count). The normalized spacial score (nSPS) is 18.4. The number of carbonyl (C=O) groups is 3. The van der Waals surface area contributed by atoms with Crippen LogP contribution in [0.1, 0.15) is 95.8 Å². The standard InChI is InChI=1S/2C32H30ClFN6O2S.C32H32ClFN6O2S/c2*1-4-26(41)38-12-13-39(24-16-23(24)38)30-19-15-20(33)28-27-21(34)8-6-9-22(27)35-11-14-43-25-10-5-7-18(17(2)3)29(25)40(31(19)36-28)32(42)37-30;1-5-26(41)38-13-14-39(19(4)17-38)30-21-16-22(33)28-27-23(34)9-7-10-24(27)35-12-15-43-25-11-6-8-20(18(2)3)29(25)40(31(21)36-28)32(42)37-30/h2*4-10,15,17,23-24,35H,1,11-14,16H2,2-3H3;5-11,16,18-19,35H,1,12-15,17H2,2-4H3/t2*23-,24+;19-/m101/s1. The Morgan fingerprint density at radius 1 is 0.426 bits per heavy atom. The molecule has 6 aromatic carbocycles. The van der Waals surface area contributed by atoms with E-state index in [2.05, 4.69) is 102 Å². The summed E-state index contributed by atoms with van der Waals surface area (Å²) in [5.74, 6) is 2.02. The van der Waals surface area contributed by atoms with Crippen LogP contribution in [0.2, 0.25) is 15.1 Å². The zero-order chi connectivity index (χ0) is 90.4. The summed E-state index contributed by atoms with van der Waals surface area (Å²) in [7, 11) is 0. The number of rotatable bonds is 9. The third-order valence-electron chi connectivity index (χ3n) is 24.9. The van der Waals surface area contributed by atoms with Gasteiger partial charge in [0, 0.05) is 120 Å². The van der Waals surface area contributed by atoms with Crippen LogP contribution in [0.15, 0.2) is 194 Å². The lowest BCUT2D eigenvalue weighted by atomic mass is 10.0. The van der Waals surface area contributed by atoms with Gasteiger partial charge in [0.1, 0.15) is 34.9 Å².